The van der Waals surface area contributed by atoms with Gasteiger partial charge in [-0.3, -0.25) is 14.5 Å². The van der Waals surface area contributed by atoms with Crippen LogP contribution in [0.15, 0.2) is 0 Å². The number of nitrogens with one attached hydrogen (secondary N) is 1. The number of rotatable bonds is 5. The van der Waals surface area contributed by atoms with Gasteiger partial charge >= 0.3 is 5.97 Å². The molecular weight excluding hydrogens is 280 g/mol. The van der Waals surface area contributed by atoms with Crippen LogP contribution in [0.1, 0.15) is 46.0 Å². The number of carboxylic acids is 1. The third-order valence-electron chi connectivity index (χ3n) is 6.26. The second-order valence-electron chi connectivity index (χ2n) is 8.02. The van der Waals surface area contributed by atoms with E-state index in [1.807, 2.05) is 4.90 Å². The summed E-state index contributed by atoms with van der Waals surface area (Å²) in [6.45, 7) is 5.39. The van der Waals surface area contributed by atoms with Crippen LogP contribution in [0, 0.1) is 23.2 Å². The molecule has 0 spiro atoms. The molecule has 5 nitrogen and oxygen atoms in total. The van der Waals surface area contributed by atoms with Crippen LogP contribution in [0.25, 0.3) is 0 Å². The van der Waals surface area contributed by atoms with Crippen LogP contribution >= 0.6 is 0 Å². The Morgan fingerprint density at radius 3 is 2.68 bits per heavy atom. The lowest BCUT2D eigenvalue weighted by atomic mass is 9.84. The summed E-state index contributed by atoms with van der Waals surface area (Å²) in [5, 5.41) is 12.4. The lowest BCUT2D eigenvalue weighted by Crippen LogP contribution is -2.45. The topological polar surface area (TPSA) is 69.6 Å². The number of fused-ring (bicyclic) bond motifs is 2. The van der Waals surface area contributed by atoms with Gasteiger partial charge in [-0.15, -0.1) is 0 Å². The number of aliphatic carboxylic acids is 1. The van der Waals surface area contributed by atoms with Gasteiger partial charge < -0.3 is 10.4 Å². The minimum Gasteiger partial charge on any atom is -0.481 e. The van der Waals surface area contributed by atoms with Gasteiger partial charge in [-0.1, -0.05) is 6.42 Å². The summed E-state index contributed by atoms with van der Waals surface area (Å²) < 4.78 is 0. The number of carbonyl (C=O) groups excluding carboxylic acids is 1. The highest BCUT2D eigenvalue weighted by molar-refractivity contribution is 5.79. The average Bonchev–Trinajstić information content (AvgIpc) is 3.14. The summed E-state index contributed by atoms with van der Waals surface area (Å²) in [4.78, 5) is 25.5. The third-order valence-corrected chi connectivity index (χ3v) is 6.26. The average molecular weight is 308 g/mol. The highest BCUT2D eigenvalue weighted by Crippen LogP contribution is 2.49. The smallest absolute Gasteiger partial charge is 0.310 e. The summed E-state index contributed by atoms with van der Waals surface area (Å²) in [6, 6.07) is 0.247. The van der Waals surface area contributed by atoms with Crippen LogP contribution < -0.4 is 5.32 Å². The van der Waals surface area contributed by atoms with Gasteiger partial charge in [0.1, 0.15) is 0 Å². The Morgan fingerprint density at radius 2 is 2.14 bits per heavy atom. The maximum absolute atomic E-state index is 12.3. The molecule has 1 aliphatic heterocycles. The van der Waals surface area contributed by atoms with Crippen LogP contribution in [0.5, 0.6) is 0 Å². The normalized spacial score (nSPS) is 39.1. The maximum atomic E-state index is 12.3. The van der Waals surface area contributed by atoms with Crippen molar-refractivity contribution in [1.82, 2.24) is 10.2 Å². The molecule has 2 saturated carbocycles. The predicted octanol–water partition coefficient (Wildman–Crippen LogP) is 1.72. The molecule has 3 rings (SSSR count). The van der Waals surface area contributed by atoms with Gasteiger partial charge in [0.2, 0.25) is 5.91 Å². The monoisotopic (exact) mass is 308 g/mol. The standard InChI is InChI=1S/C17H28N2O3/c1-11(14-8-12-3-4-13(14)7-12)18-15(20)9-19-6-5-17(2,10-19)16(21)22/h11-14H,3-10H2,1-2H3,(H,18,20)(H,21,22). The molecule has 1 amide bonds. The SMILES string of the molecule is CC(NC(=O)CN1CCC(C)(C(=O)O)C1)C1CC2CCC1C2. The molecule has 2 bridgehead atoms. The van der Waals surface area contributed by atoms with E-state index in [1.54, 1.807) is 6.92 Å². The minimum absolute atomic E-state index is 0.0462. The van der Waals surface area contributed by atoms with E-state index in [4.69, 9.17) is 0 Å². The predicted molar refractivity (Wildman–Crippen MR) is 83.3 cm³/mol. The molecule has 0 aromatic heterocycles. The second kappa shape index (κ2) is 5.84. The Morgan fingerprint density at radius 1 is 1.36 bits per heavy atom. The van der Waals surface area contributed by atoms with Crippen molar-refractivity contribution < 1.29 is 14.7 Å². The highest BCUT2D eigenvalue weighted by Gasteiger charge is 2.43. The fraction of sp³-hybridized carbons (Fsp3) is 0.882. The van der Waals surface area contributed by atoms with Gasteiger partial charge in [-0.05, 0) is 63.8 Å². The van der Waals surface area contributed by atoms with Crippen molar-refractivity contribution >= 4 is 11.9 Å². The van der Waals surface area contributed by atoms with E-state index in [-0.39, 0.29) is 11.9 Å². The van der Waals surface area contributed by atoms with Crippen molar-refractivity contribution in [3.8, 4) is 0 Å². The number of amides is 1. The van der Waals surface area contributed by atoms with E-state index < -0.39 is 11.4 Å². The summed E-state index contributed by atoms with van der Waals surface area (Å²) in [7, 11) is 0. The molecule has 0 radical (unpaired) electrons. The zero-order valence-electron chi connectivity index (χ0n) is 13.7. The van der Waals surface area contributed by atoms with E-state index in [9.17, 15) is 14.7 Å². The lowest BCUT2D eigenvalue weighted by Gasteiger charge is -2.29. The van der Waals surface area contributed by atoms with Crippen molar-refractivity contribution in [2.45, 2.75) is 52.0 Å². The number of carboxylic acid groups (broad SMARTS) is 1. The molecule has 22 heavy (non-hydrogen) atoms. The lowest BCUT2D eigenvalue weighted by molar-refractivity contribution is -0.147. The van der Waals surface area contributed by atoms with E-state index in [2.05, 4.69) is 12.2 Å². The molecular formula is C17H28N2O3. The molecule has 0 aromatic rings. The molecule has 124 valence electrons. The van der Waals surface area contributed by atoms with Crippen molar-refractivity contribution in [3.63, 3.8) is 0 Å². The molecule has 2 aliphatic carbocycles. The van der Waals surface area contributed by atoms with Gasteiger partial charge in [0.25, 0.3) is 0 Å². The minimum atomic E-state index is -0.759. The van der Waals surface area contributed by atoms with Crippen molar-refractivity contribution in [1.29, 1.82) is 0 Å². The van der Waals surface area contributed by atoms with Gasteiger partial charge in [0.05, 0.1) is 12.0 Å². The Hall–Kier alpha value is -1.10. The summed E-state index contributed by atoms with van der Waals surface area (Å²) in [5.41, 5.74) is -0.698. The Balaban J connectivity index is 1.46. The van der Waals surface area contributed by atoms with Crippen molar-refractivity contribution in [3.05, 3.63) is 0 Å². The first-order valence-electron chi connectivity index (χ1n) is 8.62. The second-order valence-corrected chi connectivity index (χ2v) is 8.02. The molecule has 5 atom stereocenters. The van der Waals surface area contributed by atoms with Crippen molar-refractivity contribution in [2.75, 3.05) is 19.6 Å². The van der Waals surface area contributed by atoms with E-state index in [0.717, 1.165) is 11.8 Å². The summed E-state index contributed by atoms with van der Waals surface area (Å²) >= 11 is 0. The first kappa shape index (κ1) is 15.8. The molecule has 5 heteroatoms. The number of nitrogens with zero attached hydrogens (tertiary/aromatic N) is 1. The first-order valence-corrected chi connectivity index (χ1v) is 8.62. The van der Waals surface area contributed by atoms with Crippen LogP contribution in [0.4, 0.5) is 0 Å². The zero-order chi connectivity index (χ0) is 15.9. The fourth-order valence-corrected chi connectivity index (χ4v) is 4.88. The van der Waals surface area contributed by atoms with E-state index >= 15 is 0 Å². The summed E-state index contributed by atoms with van der Waals surface area (Å²) in [5.74, 6) is 1.63. The molecule has 0 aromatic carbocycles. The number of hydrogen-bond acceptors (Lipinski definition) is 3. The zero-order valence-corrected chi connectivity index (χ0v) is 13.7. The van der Waals surface area contributed by atoms with Gasteiger partial charge in [-0.2, -0.15) is 0 Å². The van der Waals surface area contributed by atoms with Gasteiger partial charge in [-0.25, -0.2) is 0 Å². The molecule has 2 N–H and O–H groups in total. The van der Waals surface area contributed by atoms with Gasteiger partial charge in [0, 0.05) is 12.6 Å². The number of hydrogen-bond donors (Lipinski definition) is 2. The van der Waals surface area contributed by atoms with Gasteiger partial charge in [0.15, 0.2) is 0 Å². The first-order chi connectivity index (χ1) is 10.4. The molecule has 5 unspecified atom stereocenters. The number of likely N-dealkylation sites (tertiary alicyclic amines) is 1. The molecule has 3 fully saturated rings. The molecule has 1 heterocycles. The largest absolute Gasteiger partial charge is 0.481 e. The van der Waals surface area contributed by atoms with Crippen molar-refractivity contribution in [2.24, 2.45) is 23.2 Å². The van der Waals surface area contributed by atoms with E-state index in [0.29, 0.717) is 32.0 Å². The maximum Gasteiger partial charge on any atom is 0.310 e. The fourth-order valence-electron chi connectivity index (χ4n) is 4.88. The summed E-state index contributed by atoms with van der Waals surface area (Å²) in [6.07, 6.45) is 5.96. The molecule has 1 saturated heterocycles. The molecule has 3 aliphatic rings. The Kier molecular flexibility index (Phi) is 4.19. The van der Waals surface area contributed by atoms with Crippen LogP contribution in [-0.2, 0) is 9.59 Å². The third kappa shape index (κ3) is 3.00. The van der Waals surface area contributed by atoms with E-state index in [1.165, 1.54) is 25.7 Å². The number of carbonyl (C=O) groups is 2. The quantitative estimate of drug-likeness (QED) is 0.811. The highest BCUT2D eigenvalue weighted by atomic mass is 16.4. The Labute approximate surface area is 132 Å². The van der Waals surface area contributed by atoms with Crippen LogP contribution in [-0.4, -0.2) is 47.6 Å². The Bertz CT molecular complexity index is 467. The van der Waals surface area contributed by atoms with Crippen LogP contribution in [0.2, 0.25) is 0 Å². The van der Waals surface area contributed by atoms with Crippen LogP contribution in [0.3, 0.4) is 0 Å².